The quantitative estimate of drug-likeness (QED) is 0.793. The third-order valence-electron chi connectivity index (χ3n) is 4.51. The van der Waals surface area contributed by atoms with E-state index in [2.05, 4.69) is 4.74 Å². The SMILES string of the molecule is NC(CCOCC(F)(F)F)C1CCOC2(CCCC2)C1. The van der Waals surface area contributed by atoms with Gasteiger partial charge in [-0.2, -0.15) is 13.2 Å². The molecule has 2 N–H and O–H groups in total. The Morgan fingerprint density at radius 1 is 1.30 bits per heavy atom. The molecule has 0 aromatic carbocycles. The number of nitrogens with two attached hydrogens (primary N) is 1. The molecule has 20 heavy (non-hydrogen) atoms. The average Bonchev–Trinajstić information content (AvgIpc) is 2.81. The van der Waals surface area contributed by atoms with Gasteiger partial charge in [0, 0.05) is 19.3 Å². The zero-order valence-electron chi connectivity index (χ0n) is 11.8. The summed E-state index contributed by atoms with van der Waals surface area (Å²) < 4.78 is 46.5. The molecule has 3 nitrogen and oxygen atoms in total. The summed E-state index contributed by atoms with van der Waals surface area (Å²) in [4.78, 5) is 0. The van der Waals surface area contributed by atoms with E-state index in [1.54, 1.807) is 0 Å². The van der Waals surface area contributed by atoms with Crippen molar-refractivity contribution in [2.45, 2.75) is 62.8 Å². The molecule has 0 aromatic rings. The molecule has 1 aliphatic carbocycles. The van der Waals surface area contributed by atoms with E-state index < -0.39 is 12.8 Å². The first kappa shape index (κ1) is 16.0. The second-order valence-corrected chi connectivity index (χ2v) is 6.11. The first-order chi connectivity index (χ1) is 9.40. The predicted molar refractivity (Wildman–Crippen MR) is 69.3 cm³/mol. The number of alkyl halides is 3. The van der Waals surface area contributed by atoms with E-state index >= 15 is 0 Å². The van der Waals surface area contributed by atoms with Crippen molar-refractivity contribution in [3.05, 3.63) is 0 Å². The molecule has 2 aliphatic rings. The van der Waals surface area contributed by atoms with Crippen LogP contribution in [0, 0.1) is 5.92 Å². The molecule has 0 radical (unpaired) electrons. The molecule has 6 heteroatoms. The lowest BCUT2D eigenvalue weighted by Crippen LogP contribution is -2.44. The molecule has 1 spiro atoms. The largest absolute Gasteiger partial charge is 0.411 e. The van der Waals surface area contributed by atoms with Crippen LogP contribution in [0.3, 0.4) is 0 Å². The van der Waals surface area contributed by atoms with Crippen LogP contribution in [0.1, 0.15) is 44.9 Å². The van der Waals surface area contributed by atoms with Gasteiger partial charge < -0.3 is 15.2 Å². The smallest absolute Gasteiger partial charge is 0.375 e. The summed E-state index contributed by atoms with van der Waals surface area (Å²) in [7, 11) is 0. The van der Waals surface area contributed by atoms with Crippen molar-refractivity contribution < 1.29 is 22.6 Å². The summed E-state index contributed by atoms with van der Waals surface area (Å²) in [6.45, 7) is -0.385. The lowest BCUT2D eigenvalue weighted by molar-refractivity contribution is -0.174. The minimum absolute atomic E-state index is 0.00731. The molecule has 2 rings (SSSR count). The minimum Gasteiger partial charge on any atom is -0.375 e. The number of ether oxygens (including phenoxy) is 2. The summed E-state index contributed by atoms with van der Waals surface area (Å²) in [5.74, 6) is 0.344. The Hall–Kier alpha value is -0.330. The van der Waals surface area contributed by atoms with Crippen molar-refractivity contribution in [2.75, 3.05) is 19.8 Å². The maximum absolute atomic E-state index is 12.0. The highest BCUT2D eigenvalue weighted by Gasteiger charge is 2.41. The van der Waals surface area contributed by atoms with E-state index in [0.29, 0.717) is 12.3 Å². The Morgan fingerprint density at radius 2 is 2.00 bits per heavy atom. The predicted octanol–water partition coefficient (Wildman–Crippen LogP) is 3.02. The van der Waals surface area contributed by atoms with Crippen molar-refractivity contribution in [3.8, 4) is 0 Å². The van der Waals surface area contributed by atoms with Gasteiger partial charge in [0.2, 0.25) is 0 Å². The van der Waals surface area contributed by atoms with E-state index in [1.807, 2.05) is 0 Å². The molecular weight excluding hydrogens is 271 g/mol. The standard InChI is InChI=1S/C14H24F3NO2/c15-14(16,17)10-19-7-4-12(18)11-3-8-20-13(9-11)5-1-2-6-13/h11-12H,1-10,18H2. The summed E-state index contributed by atoms with van der Waals surface area (Å²) in [6, 6.07) is -0.0930. The third kappa shape index (κ3) is 4.60. The van der Waals surface area contributed by atoms with Crippen molar-refractivity contribution in [2.24, 2.45) is 11.7 Å². The molecule has 118 valence electrons. The Kier molecular flexibility index (Phi) is 5.31. The zero-order chi connectivity index (χ0) is 14.6. The van der Waals surface area contributed by atoms with Crippen molar-refractivity contribution in [1.82, 2.24) is 0 Å². The van der Waals surface area contributed by atoms with E-state index in [9.17, 15) is 13.2 Å². The molecule has 1 heterocycles. The first-order valence-corrected chi connectivity index (χ1v) is 7.44. The minimum atomic E-state index is -4.25. The van der Waals surface area contributed by atoms with Crippen LogP contribution in [0.4, 0.5) is 13.2 Å². The van der Waals surface area contributed by atoms with Crippen molar-refractivity contribution in [3.63, 3.8) is 0 Å². The number of hydrogen-bond donors (Lipinski definition) is 1. The average molecular weight is 295 g/mol. The Labute approximate surface area is 118 Å². The van der Waals surface area contributed by atoms with Crippen LogP contribution in [0.5, 0.6) is 0 Å². The monoisotopic (exact) mass is 295 g/mol. The number of hydrogen-bond acceptors (Lipinski definition) is 3. The third-order valence-corrected chi connectivity index (χ3v) is 4.51. The molecule has 1 aliphatic heterocycles. The number of rotatable bonds is 5. The summed E-state index contributed by atoms with van der Waals surface area (Å²) in [6.07, 6.45) is 2.69. The highest BCUT2D eigenvalue weighted by atomic mass is 19.4. The second kappa shape index (κ2) is 6.62. The Bertz CT molecular complexity index is 303. The fraction of sp³-hybridized carbons (Fsp3) is 1.00. The molecule has 2 unspecified atom stereocenters. The van der Waals surface area contributed by atoms with Crippen LogP contribution in [0.2, 0.25) is 0 Å². The van der Waals surface area contributed by atoms with E-state index in [0.717, 1.165) is 32.3 Å². The van der Waals surface area contributed by atoms with Crippen LogP contribution in [-0.4, -0.2) is 37.6 Å². The van der Waals surface area contributed by atoms with E-state index in [1.165, 1.54) is 12.8 Å². The molecule has 0 amide bonds. The maximum Gasteiger partial charge on any atom is 0.411 e. The molecule has 0 bridgehead atoms. The maximum atomic E-state index is 12.0. The fourth-order valence-corrected chi connectivity index (χ4v) is 3.44. The van der Waals surface area contributed by atoms with Crippen LogP contribution in [0.15, 0.2) is 0 Å². The lowest BCUT2D eigenvalue weighted by Gasteiger charge is -2.40. The Balaban J connectivity index is 1.70. The van der Waals surface area contributed by atoms with Gasteiger partial charge in [-0.1, -0.05) is 12.8 Å². The van der Waals surface area contributed by atoms with Gasteiger partial charge in [-0.25, -0.2) is 0 Å². The van der Waals surface area contributed by atoms with Gasteiger partial charge in [0.25, 0.3) is 0 Å². The second-order valence-electron chi connectivity index (χ2n) is 6.11. The van der Waals surface area contributed by atoms with Gasteiger partial charge in [0.15, 0.2) is 0 Å². The fourth-order valence-electron chi connectivity index (χ4n) is 3.44. The van der Waals surface area contributed by atoms with Gasteiger partial charge in [0.1, 0.15) is 6.61 Å². The molecule has 2 atom stereocenters. The van der Waals surface area contributed by atoms with Crippen molar-refractivity contribution >= 4 is 0 Å². The topological polar surface area (TPSA) is 44.5 Å². The molecular formula is C14H24F3NO2. The molecule has 1 saturated carbocycles. The molecule has 1 saturated heterocycles. The van der Waals surface area contributed by atoms with Gasteiger partial charge >= 0.3 is 6.18 Å². The van der Waals surface area contributed by atoms with Gasteiger partial charge in [-0.15, -0.1) is 0 Å². The molecule has 2 fully saturated rings. The Morgan fingerprint density at radius 3 is 2.65 bits per heavy atom. The zero-order valence-corrected chi connectivity index (χ0v) is 11.8. The van der Waals surface area contributed by atoms with Crippen LogP contribution in [-0.2, 0) is 9.47 Å². The summed E-state index contributed by atoms with van der Waals surface area (Å²) in [5.41, 5.74) is 6.14. The highest BCUT2D eigenvalue weighted by Crippen LogP contribution is 2.42. The highest BCUT2D eigenvalue weighted by molar-refractivity contribution is 4.93. The summed E-state index contributed by atoms with van der Waals surface area (Å²) >= 11 is 0. The van der Waals surface area contributed by atoms with E-state index in [4.69, 9.17) is 10.5 Å². The summed E-state index contributed by atoms with van der Waals surface area (Å²) in [5, 5.41) is 0. The van der Waals surface area contributed by atoms with E-state index in [-0.39, 0.29) is 18.2 Å². The normalized spacial score (nSPS) is 27.9. The van der Waals surface area contributed by atoms with Crippen molar-refractivity contribution in [1.29, 1.82) is 0 Å². The van der Waals surface area contributed by atoms with Gasteiger partial charge in [0.05, 0.1) is 5.60 Å². The van der Waals surface area contributed by atoms with Crippen LogP contribution < -0.4 is 5.73 Å². The van der Waals surface area contributed by atoms with Crippen LogP contribution >= 0.6 is 0 Å². The number of halogens is 3. The van der Waals surface area contributed by atoms with Gasteiger partial charge in [-0.05, 0) is 38.0 Å². The molecule has 0 aromatic heterocycles. The van der Waals surface area contributed by atoms with Gasteiger partial charge in [-0.3, -0.25) is 0 Å². The van der Waals surface area contributed by atoms with Crippen LogP contribution in [0.25, 0.3) is 0 Å². The first-order valence-electron chi connectivity index (χ1n) is 7.44. The lowest BCUT2D eigenvalue weighted by atomic mass is 9.80.